The van der Waals surface area contributed by atoms with Crippen molar-refractivity contribution in [2.45, 2.75) is 19.4 Å². The summed E-state index contributed by atoms with van der Waals surface area (Å²) in [5, 5.41) is 3.36. The van der Waals surface area contributed by atoms with Crippen LogP contribution in [-0.2, 0) is 0 Å². The smallest absolute Gasteiger partial charge is 0.127 e. The number of halogens is 1. The molecule has 0 saturated heterocycles. The summed E-state index contributed by atoms with van der Waals surface area (Å²) in [6, 6.07) is 7.02. The maximum Gasteiger partial charge on any atom is 0.127 e. The maximum absolute atomic E-state index is 13.9. The Hall–Kier alpha value is -1.45. The molecule has 0 aromatic heterocycles. The van der Waals surface area contributed by atoms with E-state index in [1.165, 1.54) is 6.07 Å². The van der Waals surface area contributed by atoms with E-state index in [4.69, 9.17) is 0 Å². The lowest BCUT2D eigenvalue weighted by Crippen LogP contribution is -2.30. The molecule has 3 heteroatoms. The third-order valence-corrected chi connectivity index (χ3v) is 3.24. The van der Waals surface area contributed by atoms with Gasteiger partial charge in [0.15, 0.2) is 0 Å². The zero-order valence-electron chi connectivity index (χ0n) is 12.3. The van der Waals surface area contributed by atoms with E-state index in [1.807, 2.05) is 31.2 Å². The molecule has 1 unspecified atom stereocenters. The summed E-state index contributed by atoms with van der Waals surface area (Å²) in [4.78, 5) is 2.24. The molecule has 1 aromatic rings. The van der Waals surface area contributed by atoms with Gasteiger partial charge in [0.25, 0.3) is 0 Å². The third-order valence-electron chi connectivity index (χ3n) is 3.24. The summed E-state index contributed by atoms with van der Waals surface area (Å²) in [7, 11) is 0. The van der Waals surface area contributed by atoms with Gasteiger partial charge >= 0.3 is 0 Å². The van der Waals surface area contributed by atoms with E-state index >= 15 is 0 Å². The quantitative estimate of drug-likeness (QED) is 0.658. The van der Waals surface area contributed by atoms with Crippen molar-refractivity contribution in [1.29, 1.82) is 0 Å². The van der Waals surface area contributed by atoms with Gasteiger partial charge in [-0.1, -0.05) is 37.3 Å². The molecule has 1 N–H and O–H groups in total. The average molecular weight is 276 g/mol. The van der Waals surface area contributed by atoms with Gasteiger partial charge in [0.1, 0.15) is 5.82 Å². The highest BCUT2D eigenvalue weighted by molar-refractivity contribution is 5.21. The second kappa shape index (κ2) is 9.45. The van der Waals surface area contributed by atoms with Crippen LogP contribution in [0, 0.1) is 5.82 Å². The average Bonchev–Trinajstić information content (AvgIpc) is 2.44. The minimum Gasteiger partial charge on any atom is -0.310 e. The number of nitrogens with one attached hydrogen (secondary N) is 1. The number of nitrogens with zero attached hydrogens (tertiary/aromatic N) is 1. The van der Waals surface area contributed by atoms with Gasteiger partial charge in [-0.2, -0.15) is 0 Å². The van der Waals surface area contributed by atoms with Crippen LogP contribution in [0.5, 0.6) is 0 Å². The van der Waals surface area contributed by atoms with Crippen LogP contribution in [0.1, 0.15) is 24.9 Å². The molecule has 0 radical (unpaired) electrons. The predicted octanol–water partition coefficient (Wildman–Crippen LogP) is 3.54. The molecule has 20 heavy (non-hydrogen) atoms. The molecule has 0 aliphatic rings. The Bertz CT molecular complexity index is 407. The number of hydrogen-bond acceptors (Lipinski definition) is 2. The molecular weight excluding hydrogens is 251 g/mol. The lowest BCUT2D eigenvalue weighted by Gasteiger charge is -2.24. The summed E-state index contributed by atoms with van der Waals surface area (Å²) in [5.41, 5.74) is 0.742. The topological polar surface area (TPSA) is 15.3 Å². The maximum atomic E-state index is 13.9. The molecule has 2 nitrogen and oxygen atoms in total. The number of hydrogen-bond donors (Lipinski definition) is 1. The SMILES string of the molecule is C=CCN(CC=C)CCC(NCC)c1ccccc1F. The Morgan fingerprint density at radius 2 is 1.90 bits per heavy atom. The van der Waals surface area contributed by atoms with Crippen LogP contribution in [0.4, 0.5) is 4.39 Å². The molecule has 0 amide bonds. The molecule has 0 saturated carbocycles. The molecule has 1 rings (SSSR count). The first-order valence-electron chi connectivity index (χ1n) is 7.14. The Labute approximate surface area is 122 Å². The summed E-state index contributed by atoms with van der Waals surface area (Å²) in [6.45, 7) is 12.9. The summed E-state index contributed by atoms with van der Waals surface area (Å²) in [6.07, 6.45) is 4.63. The minimum atomic E-state index is -0.141. The molecule has 1 aromatic carbocycles. The van der Waals surface area contributed by atoms with Crippen molar-refractivity contribution in [2.75, 3.05) is 26.2 Å². The van der Waals surface area contributed by atoms with Crippen molar-refractivity contribution in [2.24, 2.45) is 0 Å². The normalized spacial score (nSPS) is 12.3. The van der Waals surface area contributed by atoms with Crippen molar-refractivity contribution < 1.29 is 4.39 Å². The first-order valence-corrected chi connectivity index (χ1v) is 7.14. The molecule has 0 heterocycles. The highest BCUT2D eigenvalue weighted by atomic mass is 19.1. The summed E-state index contributed by atoms with van der Waals surface area (Å²) in [5.74, 6) is -0.141. The van der Waals surface area contributed by atoms with Crippen molar-refractivity contribution in [3.8, 4) is 0 Å². The van der Waals surface area contributed by atoms with Crippen LogP contribution in [0.2, 0.25) is 0 Å². The van der Waals surface area contributed by atoms with Crippen molar-refractivity contribution in [1.82, 2.24) is 10.2 Å². The molecule has 0 bridgehead atoms. The Kier molecular flexibility index (Phi) is 7.85. The Morgan fingerprint density at radius 3 is 2.45 bits per heavy atom. The fraction of sp³-hybridized carbons (Fsp3) is 0.412. The fourth-order valence-corrected chi connectivity index (χ4v) is 2.31. The molecule has 0 spiro atoms. The van der Waals surface area contributed by atoms with Crippen LogP contribution < -0.4 is 5.32 Å². The van der Waals surface area contributed by atoms with Crippen LogP contribution in [0.3, 0.4) is 0 Å². The predicted molar refractivity (Wildman–Crippen MR) is 84.3 cm³/mol. The summed E-state index contributed by atoms with van der Waals surface area (Å²) < 4.78 is 13.9. The van der Waals surface area contributed by atoms with E-state index in [2.05, 4.69) is 23.4 Å². The molecular formula is C17H25FN2. The fourth-order valence-electron chi connectivity index (χ4n) is 2.31. The first kappa shape index (κ1) is 16.6. The highest BCUT2D eigenvalue weighted by Gasteiger charge is 2.15. The van der Waals surface area contributed by atoms with Gasteiger partial charge in [0, 0.05) is 31.2 Å². The third kappa shape index (κ3) is 5.27. The highest BCUT2D eigenvalue weighted by Crippen LogP contribution is 2.20. The molecule has 110 valence electrons. The van der Waals surface area contributed by atoms with Gasteiger partial charge in [0.2, 0.25) is 0 Å². The number of rotatable bonds is 10. The van der Waals surface area contributed by atoms with E-state index in [-0.39, 0.29) is 11.9 Å². The first-order chi connectivity index (χ1) is 9.72. The van der Waals surface area contributed by atoms with Gasteiger partial charge in [-0.15, -0.1) is 13.2 Å². The van der Waals surface area contributed by atoms with E-state index in [9.17, 15) is 4.39 Å². The largest absolute Gasteiger partial charge is 0.310 e. The van der Waals surface area contributed by atoms with Crippen LogP contribution in [-0.4, -0.2) is 31.1 Å². The van der Waals surface area contributed by atoms with Crippen molar-refractivity contribution in [3.05, 3.63) is 61.0 Å². The Balaban J connectivity index is 2.69. The van der Waals surface area contributed by atoms with Crippen molar-refractivity contribution >= 4 is 0 Å². The lowest BCUT2D eigenvalue weighted by atomic mass is 10.0. The minimum absolute atomic E-state index is 0.0401. The molecule has 0 fully saturated rings. The summed E-state index contributed by atoms with van der Waals surface area (Å²) >= 11 is 0. The van der Waals surface area contributed by atoms with Gasteiger partial charge in [-0.3, -0.25) is 4.90 Å². The zero-order chi connectivity index (χ0) is 14.8. The molecule has 1 atom stereocenters. The zero-order valence-corrected chi connectivity index (χ0v) is 12.3. The second-order valence-electron chi connectivity index (χ2n) is 4.76. The molecule has 0 aliphatic heterocycles. The van der Waals surface area contributed by atoms with E-state index in [1.54, 1.807) is 6.07 Å². The van der Waals surface area contributed by atoms with Gasteiger partial charge < -0.3 is 5.32 Å². The monoisotopic (exact) mass is 276 g/mol. The van der Waals surface area contributed by atoms with Gasteiger partial charge in [-0.05, 0) is 19.0 Å². The molecule has 0 aliphatic carbocycles. The van der Waals surface area contributed by atoms with Crippen LogP contribution in [0.25, 0.3) is 0 Å². The van der Waals surface area contributed by atoms with Crippen LogP contribution in [0.15, 0.2) is 49.6 Å². The number of benzene rings is 1. The van der Waals surface area contributed by atoms with E-state index in [0.29, 0.717) is 0 Å². The van der Waals surface area contributed by atoms with E-state index in [0.717, 1.165) is 38.2 Å². The Morgan fingerprint density at radius 1 is 1.25 bits per heavy atom. The van der Waals surface area contributed by atoms with Gasteiger partial charge in [-0.25, -0.2) is 4.39 Å². The van der Waals surface area contributed by atoms with Gasteiger partial charge in [0.05, 0.1) is 0 Å². The van der Waals surface area contributed by atoms with Crippen LogP contribution >= 0.6 is 0 Å². The lowest BCUT2D eigenvalue weighted by molar-refractivity contribution is 0.306. The standard InChI is InChI=1S/C17H25FN2/c1-4-12-20(13-5-2)14-11-17(19-6-3)15-9-7-8-10-16(15)18/h4-5,7-10,17,19H,1-2,6,11-14H2,3H3. The van der Waals surface area contributed by atoms with E-state index < -0.39 is 0 Å². The second-order valence-corrected chi connectivity index (χ2v) is 4.76. The van der Waals surface area contributed by atoms with Crippen molar-refractivity contribution in [3.63, 3.8) is 0 Å².